The Kier molecular flexibility index (Phi) is 3.39. The third-order valence-corrected chi connectivity index (χ3v) is 2.65. The molecule has 0 heterocycles. The van der Waals surface area contributed by atoms with Crippen LogP contribution in [-0.2, 0) is 0 Å². The predicted molar refractivity (Wildman–Crippen MR) is 61.6 cm³/mol. The standard InChI is InChI=1S/C14H11F3O/c1-8-5-9(7-10(15)6-8)14(18)13-11(16)3-2-4-12(13)17/h2-7,14,18H,1H3. The van der Waals surface area contributed by atoms with E-state index in [0.29, 0.717) is 5.56 Å². The number of aliphatic hydroxyl groups is 1. The average molecular weight is 252 g/mol. The Morgan fingerprint density at radius 1 is 1.00 bits per heavy atom. The third kappa shape index (κ3) is 2.38. The number of benzene rings is 2. The fraction of sp³-hybridized carbons (Fsp3) is 0.143. The molecule has 0 amide bonds. The van der Waals surface area contributed by atoms with E-state index in [0.717, 1.165) is 18.2 Å². The second kappa shape index (κ2) is 4.82. The molecule has 4 heteroatoms. The van der Waals surface area contributed by atoms with E-state index in [1.807, 2.05) is 0 Å². The topological polar surface area (TPSA) is 20.2 Å². The molecule has 2 rings (SSSR count). The van der Waals surface area contributed by atoms with E-state index in [1.165, 1.54) is 18.2 Å². The van der Waals surface area contributed by atoms with Crippen molar-refractivity contribution in [1.82, 2.24) is 0 Å². The summed E-state index contributed by atoms with van der Waals surface area (Å²) in [4.78, 5) is 0. The molecule has 1 unspecified atom stereocenters. The lowest BCUT2D eigenvalue weighted by Gasteiger charge is -2.14. The quantitative estimate of drug-likeness (QED) is 0.867. The lowest BCUT2D eigenvalue weighted by molar-refractivity contribution is 0.208. The smallest absolute Gasteiger partial charge is 0.132 e. The van der Waals surface area contributed by atoms with Crippen LogP contribution in [0.3, 0.4) is 0 Å². The third-order valence-electron chi connectivity index (χ3n) is 2.65. The molecule has 0 spiro atoms. The van der Waals surface area contributed by atoms with Gasteiger partial charge in [-0.1, -0.05) is 12.1 Å². The first-order valence-electron chi connectivity index (χ1n) is 5.38. The van der Waals surface area contributed by atoms with Crippen molar-refractivity contribution in [3.8, 4) is 0 Å². The van der Waals surface area contributed by atoms with Crippen molar-refractivity contribution in [3.63, 3.8) is 0 Å². The van der Waals surface area contributed by atoms with Gasteiger partial charge in [0.2, 0.25) is 0 Å². The summed E-state index contributed by atoms with van der Waals surface area (Å²) in [6.07, 6.45) is -1.53. The summed E-state index contributed by atoms with van der Waals surface area (Å²) in [6.45, 7) is 1.64. The highest BCUT2D eigenvalue weighted by molar-refractivity contribution is 5.34. The first kappa shape index (κ1) is 12.6. The Morgan fingerprint density at radius 3 is 2.17 bits per heavy atom. The zero-order valence-electron chi connectivity index (χ0n) is 9.62. The summed E-state index contributed by atoms with van der Waals surface area (Å²) in [5.74, 6) is -2.27. The summed E-state index contributed by atoms with van der Waals surface area (Å²) < 4.78 is 40.2. The molecule has 0 aliphatic heterocycles. The summed E-state index contributed by atoms with van der Waals surface area (Å²) in [5, 5.41) is 9.96. The second-order valence-electron chi connectivity index (χ2n) is 4.10. The van der Waals surface area contributed by atoms with E-state index in [-0.39, 0.29) is 5.56 Å². The van der Waals surface area contributed by atoms with Gasteiger partial charge < -0.3 is 5.11 Å². The number of halogens is 3. The fourth-order valence-corrected chi connectivity index (χ4v) is 1.86. The Hall–Kier alpha value is -1.81. The Bertz CT molecular complexity index is 541. The van der Waals surface area contributed by atoms with Crippen LogP contribution in [-0.4, -0.2) is 5.11 Å². The second-order valence-corrected chi connectivity index (χ2v) is 4.10. The van der Waals surface area contributed by atoms with Gasteiger partial charge in [0.25, 0.3) is 0 Å². The van der Waals surface area contributed by atoms with Gasteiger partial charge in [0.1, 0.15) is 23.6 Å². The molecule has 1 N–H and O–H groups in total. The Morgan fingerprint density at radius 2 is 1.61 bits per heavy atom. The molecule has 0 fully saturated rings. The molecule has 0 radical (unpaired) electrons. The van der Waals surface area contributed by atoms with Crippen molar-refractivity contribution in [1.29, 1.82) is 0 Å². The maximum Gasteiger partial charge on any atom is 0.132 e. The first-order valence-corrected chi connectivity index (χ1v) is 5.38. The van der Waals surface area contributed by atoms with Crippen LogP contribution in [0.15, 0.2) is 36.4 Å². The van der Waals surface area contributed by atoms with Crippen LogP contribution in [0.5, 0.6) is 0 Å². The zero-order chi connectivity index (χ0) is 13.3. The lowest BCUT2D eigenvalue weighted by atomic mass is 9.99. The Balaban J connectivity index is 2.51. The highest BCUT2D eigenvalue weighted by atomic mass is 19.1. The molecule has 2 aromatic carbocycles. The van der Waals surface area contributed by atoms with Crippen LogP contribution in [0.1, 0.15) is 22.8 Å². The molecule has 2 aromatic rings. The maximum atomic E-state index is 13.5. The molecular weight excluding hydrogens is 241 g/mol. The largest absolute Gasteiger partial charge is 0.383 e. The molecule has 0 saturated heterocycles. The number of rotatable bonds is 2. The highest BCUT2D eigenvalue weighted by Crippen LogP contribution is 2.27. The maximum absolute atomic E-state index is 13.5. The van der Waals surface area contributed by atoms with Gasteiger partial charge >= 0.3 is 0 Å². The van der Waals surface area contributed by atoms with Gasteiger partial charge in [-0.15, -0.1) is 0 Å². The first-order chi connectivity index (χ1) is 8.49. The number of aliphatic hydroxyl groups excluding tert-OH is 1. The highest BCUT2D eigenvalue weighted by Gasteiger charge is 2.20. The van der Waals surface area contributed by atoms with E-state index < -0.39 is 29.1 Å². The van der Waals surface area contributed by atoms with Gasteiger partial charge in [0, 0.05) is 0 Å². The molecule has 18 heavy (non-hydrogen) atoms. The average Bonchev–Trinajstić information content (AvgIpc) is 2.27. The minimum atomic E-state index is -1.53. The van der Waals surface area contributed by atoms with Crippen LogP contribution in [0.4, 0.5) is 13.2 Å². The van der Waals surface area contributed by atoms with Crippen molar-refractivity contribution in [3.05, 3.63) is 70.5 Å². The lowest BCUT2D eigenvalue weighted by Crippen LogP contribution is -2.06. The molecule has 1 atom stereocenters. The SMILES string of the molecule is Cc1cc(F)cc(C(O)c2c(F)cccc2F)c1. The molecule has 0 saturated carbocycles. The minimum Gasteiger partial charge on any atom is -0.383 e. The summed E-state index contributed by atoms with van der Waals surface area (Å²) >= 11 is 0. The van der Waals surface area contributed by atoms with Crippen LogP contribution in [0.25, 0.3) is 0 Å². The van der Waals surface area contributed by atoms with E-state index >= 15 is 0 Å². The van der Waals surface area contributed by atoms with Crippen molar-refractivity contribution in [2.75, 3.05) is 0 Å². The molecular formula is C14H11F3O. The van der Waals surface area contributed by atoms with Gasteiger partial charge in [0.05, 0.1) is 5.56 Å². The van der Waals surface area contributed by atoms with Crippen molar-refractivity contribution in [2.45, 2.75) is 13.0 Å². The van der Waals surface area contributed by atoms with Crippen molar-refractivity contribution >= 4 is 0 Å². The van der Waals surface area contributed by atoms with E-state index in [9.17, 15) is 18.3 Å². The number of hydrogen-bond acceptors (Lipinski definition) is 1. The normalized spacial score (nSPS) is 12.5. The fourth-order valence-electron chi connectivity index (χ4n) is 1.86. The van der Waals surface area contributed by atoms with E-state index in [1.54, 1.807) is 6.92 Å². The summed E-state index contributed by atoms with van der Waals surface area (Å²) in [6, 6.07) is 7.12. The van der Waals surface area contributed by atoms with Gasteiger partial charge in [-0.3, -0.25) is 0 Å². The van der Waals surface area contributed by atoms with E-state index in [2.05, 4.69) is 0 Å². The Labute approximate surface area is 103 Å². The van der Waals surface area contributed by atoms with Crippen LogP contribution in [0, 0.1) is 24.4 Å². The molecule has 94 valence electrons. The molecule has 0 aromatic heterocycles. The number of aryl methyl sites for hydroxylation is 1. The van der Waals surface area contributed by atoms with Gasteiger partial charge in [-0.25, -0.2) is 13.2 Å². The van der Waals surface area contributed by atoms with E-state index in [4.69, 9.17) is 0 Å². The van der Waals surface area contributed by atoms with Gasteiger partial charge in [-0.2, -0.15) is 0 Å². The van der Waals surface area contributed by atoms with Crippen molar-refractivity contribution in [2.24, 2.45) is 0 Å². The summed E-state index contributed by atoms with van der Waals surface area (Å²) in [7, 11) is 0. The number of hydrogen-bond donors (Lipinski definition) is 1. The van der Waals surface area contributed by atoms with Crippen LogP contribution in [0.2, 0.25) is 0 Å². The molecule has 0 aliphatic carbocycles. The summed E-state index contributed by atoms with van der Waals surface area (Å²) in [5.41, 5.74) is 0.222. The van der Waals surface area contributed by atoms with Crippen LogP contribution < -0.4 is 0 Å². The van der Waals surface area contributed by atoms with Crippen molar-refractivity contribution < 1.29 is 18.3 Å². The van der Waals surface area contributed by atoms with Gasteiger partial charge in [-0.05, 0) is 42.3 Å². The monoisotopic (exact) mass is 252 g/mol. The van der Waals surface area contributed by atoms with Crippen LogP contribution >= 0.6 is 0 Å². The zero-order valence-corrected chi connectivity index (χ0v) is 9.62. The van der Waals surface area contributed by atoms with Gasteiger partial charge in [0.15, 0.2) is 0 Å². The predicted octanol–water partition coefficient (Wildman–Crippen LogP) is 3.49. The molecule has 0 bridgehead atoms. The minimum absolute atomic E-state index is 0.122. The molecule has 1 nitrogen and oxygen atoms in total. The molecule has 0 aliphatic rings.